The summed E-state index contributed by atoms with van der Waals surface area (Å²) < 4.78 is 0. The second-order valence-electron chi connectivity index (χ2n) is 13.6. The van der Waals surface area contributed by atoms with Crippen molar-refractivity contribution in [1.29, 1.82) is 5.26 Å². The summed E-state index contributed by atoms with van der Waals surface area (Å²) in [5.74, 6) is 0.689. The number of benzene rings is 8. The summed E-state index contributed by atoms with van der Waals surface area (Å²) in [6.45, 7) is 0. The molecule has 0 unspecified atom stereocenters. The minimum atomic E-state index is 0.654. The van der Waals surface area contributed by atoms with E-state index in [1.165, 1.54) is 38.6 Å². The Bertz CT molecular complexity index is 2820. The van der Waals surface area contributed by atoms with Crippen molar-refractivity contribution in [2.75, 3.05) is 0 Å². The molecule has 10 rings (SSSR count). The van der Waals surface area contributed by atoms with E-state index in [1.807, 2.05) is 48.5 Å². The Labute approximate surface area is 314 Å². The third-order valence-electron chi connectivity index (χ3n) is 10.5. The van der Waals surface area contributed by atoms with Crippen LogP contribution in [0.15, 0.2) is 188 Å². The van der Waals surface area contributed by atoms with Crippen molar-refractivity contribution in [3.8, 4) is 95.6 Å². The summed E-state index contributed by atoms with van der Waals surface area (Å²) in [6.07, 6.45) is 0. The van der Waals surface area contributed by atoms with Crippen molar-refractivity contribution in [3.63, 3.8) is 0 Å². The minimum absolute atomic E-state index is 0.654. The second-order valence-corrected chi connectivity index (χ2v) is 13.6. The predicted molar refractivity (Wildman–Crippen MR) is 221 cm³/mol. The molecular formula is C51H31N3. The number of fused-ring (bicyclic) bond motifs is 3. The lowest BCUT2D eigenvalue weighted by Gasteiger charge is -2.16. The molecule has 9 aromatic rings. The summed E-state index contributed by atoms with van der Waals surface area (Å²) in [5.41, 5.74) is 17.3. The third kappa shape index (κ3) is 5.29. The molecule has 8 aromatic carbocycles. The number of aromatic nitrogens is 2. The van der Waals surface area contributed by atoms with Crippen LogP contribution in [0.4, 0.5) is 0 Å². The zero-order chi connectivity index (χ0) is 36.0. The summed E-state index contributed by atoms with van der Waals surface area (Å²) >= 11 is 0. The monoisotopic (exact) mass is 685 g/mol. The Morgan fingerprint density at radius 2 is 0.704 bits per heavy atom. The molecule has 250 valence electrons. The average Bonchev–Trinajstić information content (AvgIpc) is 3.59. The first kappa shape index (κ1) is 31.3. The van der Waals surface area contributed by atoms with E-state index in [0.29, 0.717) is 11.4 Å². The number of hydrogen-bond donors (Lipinski definition) is 0. The van der Waals surface area contributed by atoms with Crippen LogP contribution < -0.4 is 0 Å². The molecule has 0 fully saturated rings. The Morgan fingerprint density at radius 1 is 0.315 bits per heavy atom. The Balaban J connectivity index is 1.11. The highest BCUT2D eigenvalue weighted by atomic mass is 14.9. The Morgan fingerprint density at radius 3 is 1.20 bits per heavy atom. The highest BCUT2D eigenvalue weighted by molar-refractivity contribution is 6.22. The fraction of sp³-hybridized carbons (Fsp3) is 0. The van der Waals surface area contributed by atoms with Gasteiger partial charge < -0.3 is 0 Å². The molecule has 0 saturated carbocycles. The first-order valence-electron chi connectivity index (χ1n) is 18.1. The van der Waals surface area contributed by atoms with Crippen molar-refractivity contribution in [3.05, 3.63) is 194 Å². The van der Waals surface area contributed by atoms with Crippen molar-refractivity contribution in [2.24, 2.45) is 0 Å². The van der Waals surface area contributed by atoms with Crippen LogP contribution in [0.2, 0.25) is 0 Å². The predicted octanol–water partition coefficient (Wildman–Crippen LogP) is 13.2. The molecule has 0 bridgehead atoms. The van der Waals surface area contributed by atoms with E-state index in [2.05, 4.69) is 146 Å². The molecule has 0 radical (unpaired) electrons. The van der Waals surface area contributed by atoms with E-state index in [-0.39, 0.29) is 0 Å². The SMILES string of the molecule is N#Cc1ccc(-c2ccc3c4c(ccc(-c5ccc(-c6ccccc6-c6nc(-c7ccccc7)cc(-c7ccccc7)n6)cc5)c24)-c2ccccc2-3)cc1. The van der Waals surface area contributed by atoms with Gasteiger partial charge in [0.05, 0.1) is 23.0 Å². The van der Waals surface area contributed by atoms with Crippen LogP contribution in [0.3, 0.4) is 0 Å². The van der Waals surface area contributed by atoms with Crippen molar-refractivity contribution in [2.45, 2.75) is 0 Å². The quantitative estimate of drug-likeness (QED) is 0.175. The van der Waals surface area contributed by atoms with E-state index in [1.54, 1.807) is 0 Å². The smallest absolute Gasteiger partial charge is 0.161 e. The number of rotatable bonds is 6. The zero-order valence-electron chi connectivity index (χ0n) is 29.2. The molecule has 0 saturated heterocycles. The summed E-state index contributed by atoms with van der Waals surface area (Å²) in [5, 5.41) is 12.0. The maximum Gasteiger partial charge on any atom is 0.161 e. The lowest BCUT2D eigenvalue weighted by Crippen LogP contribution is -1.97. The molecule has 3 heteroatoms. The van der Waals surface area contributed by atoms with Crippen LogP contribution in [0.5, 0.6) is 0 Å². The van der Waals surface area contributed by atoms with Gasteiger partial charge in [0.15, 0.2) is 5.82 Å². The molecule has 1 aliphatic rings. The van der Waals surface area contributed by atoms with Gasteiger partial charge in [0.1, 0.15) is 0 Å². The van der Waals surface area contributed by atoms with Crippen molar-refractivity contribution < 1.29 is 0 Å². The second kappa shape index (κ2) is 13.0. The van der Waals surface area contributed by atoms with E-state index in [0.717, 1.165) is 55.9 Å². The van der Waals surface area contributed by atoms with Crippen LogP contribution in [0.25, 0.3) is 100 Å². The maximum absolute atomic E-state index is 9.49. The van der Waals surface area contributed by atoms with Gasteiger partial charge in [-0.3, -0.25) is 0 Å². The van der Waals surface area contributed by atoms with E-state index in [4.69, 9.17) is 9.97 Å². The maximum atomic E-state index is 9.49. The van der Waals surface area contributed by atoms with E-state index >= 15 is 0 Å². The molecule has 1 aliphatic carbocycles. The number of nitrogens with zero attached hydrogens (tertiary/aromatic N) is 3. The fourth-order valence-corrected chi connectivity index (χ4v) is 7.94. The molecule has 54 heavy (non-hydrogen) atoms. The van der Waals surface area contributed by atoms with Crippen LogP contribution >= 0.6 is 0 Å². The average molecular weight is 686 g/mol. The van der Waals surface area contributed by atoms with Gasteiger partial charge in [0, 0.05) is 16.7 Å². The first-order valence-corrected chi connectivity index (χ1v) is 18.1. The first-order chi connectivity index (χ1) is 26.7. The highest BCUT2D eigenvalue weighted by Crippen LogP contribution is 2.52. The summed E-state index contributed by atoms with van der Waals surface area (Å²) in [7, 11) is 0. The Hall–Kier alpha value is -7.41. The molecule has 1 aromatic heterocycles. The molecule has 0 spiro atoms. The highest BCUT2D eigenvalue weighted by Gasteiger charge is 2.25. The van der Waals surface area contributed by atoms with Crippen LogP contribution in [-0.4, -0.2) is 9.97 Å². The molecular weight excluding hydrogens is 655 g/mol. The van der Waals surface area contributed by atoms with Crippen LogP contribution in [-0.2, 0) is 0 Å². The molecule has 0 aliphatic heterocycles. The normalized spacial score (nSPS) is 11.3. The fourth-order valence-electron chi connectivity index (χ4n) is 7.94. The van der Waals surface area contributed by atoms with Gasteiger partial charge in [0.25, 0.3) is 0 Å². The summed E-state index contributed by atoms with van der Waals surface area (Å²) in [6, 6.07) is 67.9. The third-order valence-corrected chi connectivity index (χ3v) is 10.5. The summed E-state index contributed by atoms with van der Waals surface area (Å²) in [4.78, 5) is 10.3. The van der Waals surface area contributed by atoms with Gasteiger partial charge >= 0.3 is 0 Å². The standard InChI is InChI=1S/C51H31N3/c52-32-33-19-21-35(22-20-33)40-27-29-44-42-16-8-9-17-43(42)45-30-28-41(49(40)50(44)45)36-25-23-34(24-26-36)39-15-7-10-18-46(39)51-53-47(37-11-3-1-4-12-37)31-48(54-51)38-13-5-2-6-14-38/h1-31H. The van der Waals surface area contributed by atoms with Crippen LogP contribution in [0.1, 0.15) is 5.56 Å². The van der Waals surface area contributed by atoms with Gasteiger partial charge in [-0.1, -0.05) is 170 Å². The van der Waals surface area contributed by atoms with Crippen LogP contribution in [0, 0.1) is 11.3 Å². The lowest BCUT2D eigenvalue weighted by atomic mass is 9.88. The molecule has 3 nitrogen and oxygen atoms in total. The van der Waals surface area contributed by atoms with Gasteiger partial charge in [0.2, 0.25) is 0 Å². The van der Waals surface area contributed by atoms with Gasteiger partial charge in [-0.25, -0.2) is 9.97 Å². The molecule has 0 N–H and O–H groups in total. The lowest BCUT2D eigenvalue weighted by molar-refractivity contribution is 1.18. The van der Waals surface area contributed by atoms with E-state index in [9.17, 15) is 5.26 Å². The van der Waals surface area contributed by atoms with Crippen molar-refractivity contribution >= 4 is 10.8 Å². The Kier molecular flexibility index (Phi) is 7.53. The molecule has 0 amide bonds. The molecule has 1 heterocycles. The number of nitriles is 1. The van der Waals surface area contributed by atoms with E-state index < -0.39 is 0 Å². The molecule has 0 atom stereocenters. The van der Waals surface area contributed by atoms with Crippen molar-refractivity contribution in [1.82, 2.24) is 9.97 Å². The van der Waals surface area contributed by atoms with Gasteiger partial charge in [-0.05, 0) is 84.6 Å². The van der Waals surface area contributed by atoms with Gasteiger partial charge in [-0.2, -0.15) is 5.26 Å². The minimum Gasteiger partial charge on any atom is -0.228 e. The topological polar surface area (TPSA) is 49.6 Å². The van der Waals surface area contributed by atoms with Gasteiger partial charge in [-0.15, -0.1) is 0 Å². The number of hydrogen-bond acceptors (Lipinski definition) is 3. The largest absolute Gasteiger partial charge is 0.228 e. The zero-order valence-corrected chi connectivity index (χ0v) is 29.2.